The fraction of sp³-hybridized carbons (Fsp3) is 0.538. The molecule has 16 heavy (non-hydrogen) atoms. The van der Waals surface area contributed by atoms with E-state index >= 15 is 0 Å². The molecule has 1 unspecified atom stereocenters. The lowest BCUT2D eigenvalue weighted by Gasteiger charge is -2.10. The molecule has 3 heteroatoms. The highest BCUT2D eigenvalue weighted by atomic mass is 32.2. The fourth-order valence-electron chi connectivity index (χ4n) is 1.36. The molecule has 1 rings (SSSR count). The molecule has 0 spiro atoms. The summed E-state index contributed by atoms with van der Waals surface area (Å²) in [5.74, 6) is 1.98. The zero-order valence-corrected chi connectivity index (χ0v) is 10.9. The number of thioether (sulfide) groups is 1. The Hall–Kier alpha value is -0.670. The van der Waals surface area contributed by atoms with Crippen LogP contribution in [0.1, 0.15) is 18.9 Å². The molecule has 0 bridgehead atoms. The summed E-state index contributed by atoms with van der Waals surface area (Å²) >= 11 is 1.92. The van der Waals surface area contributed by atoms with E-state index < -0.39 is 0 Å². The van der Waals surface area contributed by atoms with Crippen molar-refractivity contribution in [1.82, 2.24) is 0 Å². The molecule has 0 aliphatic rings. The van der Waals surface area contributed by atoms with E-state index in [9.17, 15) is 0 Å². The van der Waals surface area contributed by atoms with Gasteiger partial charge in [0.1, 0.15) is 5.75 Å². The van der Waals surface area contributed by atoms with Crippen LogP contribution >= 0.6 is 11.8 Å². The molecule has 0 radical (unpaired) electrons. The Labute approximate surface area is 103 Å². The van der Waals surface area contributed by atoms with Crippen LogP contribution in [0.3, 0.4) is 0 Å². The van der Waals surface area contributed by atoms with Crippen molar-refractivity contribution < 1.29 is 4.74 Å². The lowest BCUT2D eigenvalue weighted by molar-refractivity contribution is 0.343. The lowest BCUT2D eigenvalue weighted by Crippen LogP contribution is -2.09. The normalized spacial score (nSPS) is 12.4. The summed E-state index contributed by atoms with van der Waals surface area (Å²) in [5, 5.41) is 0.631. The standard InChI is InChI=1S/C13H21NOS/c1-11-3-5-13(6-4-11)15-9-10-16-12(2)7-8-14/h3-6,12H,7-10,14H2,1-2H3. The highest BCUT2D eigenvalue weighted by Crippen LogP contribution is 2.15. The molecule has 1 atom stereocenters. The van der Waals surface area contributed by atoms with Gasteiger partial charge in [0.25, 0.3) is 0 Å². The molecule has 1 aromatic carbocycles. The second-order valence-corrected chi connectivity index (χ2v) is 5.47. The Bertz CT molecular complexity index is 286. The molecular weight excluding hydrogens is 218 g/mol. The van der Waals surface area contributed by atoms with Gasteiger partial charge in [-0.2, -0.15) is 11.8 Å². The van der Waals surface area contributed by atoms with Crippen LogP contribution in [0.15, 0.2) is 24.3 Å². The molecular formula is C13H21NOS. The third kappa shape index (κ3) is 5.42. The second-order valence-electron chi connectivity index (χ2n) is 3.92. The molecule has 2 N–H and O–H groups in total. The maximum atomic E-state index is 5.64. The molecule has 0 aliphatic carbocycles. The third-order valence-electron chi connectivity index (χ3n) is 2.35. The average Bonchev–Trinajstić information content (AvgIpc) is 2.27. The molecule has 2 nitrogen and oxygen atoms in total. The molecule has 0 heterocycles. The van der Waals surface area contributed by atoms with Gasteiger partial charge in [0.2, 0.25) is 0 Å². The zero-order valence-electron chi connectivity index (χ0n) is 10.1. The minimum absolute atomic E-state index is 0.631. The summed E-state index contributed by atoms with van der Waals surface area (Å²) in [5.41, 5.74) is 6.76. The molecule has 0 fully saturated rings. The van der Waals surface area contributed by atoms with E-state index in [1.54, 1.807) is 0 Å². The van der Waals surface area contributed by atoms with Gasteiger partial charge in [0.15, 0.2) is 0 Å². The first-order valence-corrected chi connectivity index (χ1v) is 6.78. The summed E-state index contributed by atoms with van der Waals surface area (Å²) in [6.45, 7) is 5.83. The van der Waals surface area contributed by atoms with Crippen LogP contribution in [0.2, 0.25) is 0 Å². The number of rotatable bonds is 7. The minimum atomic E-state index is 0.631. The molecule has 1 aromatic rings. The molecule has 0 aliphatic heterocycles. The van der Waals surface area contributed by atoms with Crippen molar-refractivity contribution in [3.8, 4) is 5.75 Å². The minimum Gasteiger partial charge on any atom is -0.493 e. The summed E-state index contributed by atoms with van der Waals surface area (Å²) in [7, 11) is 0. The van der Waals surface area contributed by atoms with E-state index in [1.807, 2.05) is 23.9 Å². The van der Waals surface area contributed by atoms with E-state index in [0.717, 1.165) is 31.1 Å². The number of hydrogen-bond acceptors (Lipinski definition) is 3. The van der Waals surface area contributed by atoms with Crippen LogP contribution in [-0.2, 0) is 0 Å². The van der Waals surface area contributed by atoms with Gasteiger partial charge in [0, 0.05) is 11.0 Å². The van der Waals surface area contributed by atoms with E-state index in [-0.39, 0.29) is 0 Å². The predicted molar refractivity (Wildman–Crippen MR) is 72.3 cm³/mol. The number of aryl methyl sites for hydroxylation is 1. The van der Waals surface area contributed by atoms with Gasteiger partial charge in [0.05, 0.1) is 6.61 Å². The zero-order chi connectivity index (χ0) is 11.8. The van der Waals surface area contributed by atoms with Gasteiger partial charge < -0.3 is 10.5 Å². The van der Waals surface area contributed by atoms with Crippen molar-refractivity contribution in [1.29, 1.82) is 0 Å². The van der Waals surface area contributed by atoms with Crippen molar-refractivity contribution in [2.24, 2.45) is 5.73 Å². The Kier molecular flexibility index (Phi) is 6.34. The highest BCUT2D eigenvalue weighted by Gasteiger charge is 2.00. The Balaban J connectivity index is 2.13. The van der Waals surface area contributed by atoms with E-state index in [0.29, 0.717) is 5.25 Å². The predicted octanol–water partition coefficient (Wildman–Crippen LogP) is 2.84. The first-order chi connectivity index (χ1) is 7.72. The number of hydrogen-bond donors (Lipinski definition) is 1. The van der Waals surface area contributed by atoms with Crippen LogP contribution in [0, 0.1) is 6.92 Å². The Morgan fingerprint density at radius 2 is 2.00 bits per heavy atom. The summed E-state index contributed by atoms with van der Waals surface area (Å²) in [6.07, 6.45) is 1.08. The van der Waals surface area contributed by atoms with Gasteiger partial charge in [-0.25, -0.2) is 0 Å². The quantitative estimate of drug-likeness (QED) is 0.743. The number of nitrogens with two attached hydrogens (primary N) is 1. The van der Waals surface area contributed by atoms with Crippen LogP contribution in [0.25, 0.3) is 0 Å². The van der Waals surface area contributed by atoms with Gasteiger partial charge in [-0.1, -0.05) is 24.6 Å². The first-order valence-electron chi connectivity index (χ1n) is 5.73. The topological polar surface area (TPSA) is 35.2 Å². The molecule has 0 aromatic heterocycles. The second kappa shape index (κ2) is 7.58. The van der Waals surface area contributed by atoms with Crippen molar-refractivity contribution in [2.75, 3.05) is 18.9 Å². The van der Waals surface area contributed by atoms with E-state index in [1.165, 1.54) is 5.56 Å². The average molecular weight is 239 g/mol. The maximum Gasteiger partial charge on any atom is 0.119 e. The van der Waals surface area contributed by atoms with Crippen molar-refractivity contribution in [3.63, 3.8) is 0 Å². The first kappa shape index (κ1) is 13.4. The van der Waals surface area contributed by atoms with Crippen LogP contribution in [0.5, 0.6) is 5.75 Å². The molecule has 90 valence electrons. The summed E-state index contributed by atoms with van der Waals surface area (Å²) < 4.78 is 5.64. The van der Waals surface area contributed by atoms with Crippen molar-refractivity contribution in [3.05, 3.63) is 29.8 Å². The smallest absolute Gasteiger partial charge is 0.119 e. The van der Waals surface area contributed by atoms with Gasteiger partial charge in [-0.3, -0.25) is 0 Å². The van der Waals surface area contributed by atoms with Crippen LogP contribution in [0.4, 0.5) is 0 Å². The maximum absolute atomic E-state index is 5.64. The van der Waals surface area contributed by atoms with Crippen LogP contribution in [-0.4, -0.2) is 24.2 Å². The highest BCUT2D eigenvalue weighted by molar-refractivity contribution is 7.99. The number of benzene rings is 1. The van der Waals surface area contributed by atoms with E-state index in [4.69, 9.17) is 10.5 Å². The van der Waals surface area contributed by atoms with Crippen LogP contribution < -0.4 is 10.5 Å². The molecule has 0 amide bonds. The van der Waals surface area contributed by atoms with Crippen molar-refractivity contribution in [2.45, 2.75) is 25.5 Å². The van der Waals surface area contributed by atoms with Crippen molar-refractivity contribution >= 4 is 11.8 Å². The van der Waals surface area contributed by atoms with E-state index in [2.05, 4.69) is 26.0 Å². The Morgan fingerprint density at radius 3 is 2.62 bits per heavy atom. The van der Waals surface area contributed by atoms with Gasteiger partial charge in [-0.15, -0.1) is 0 Å². The largest absolute Gasteiger partial charge is 0.493 e. The fourth-order valence-corrected chi connectivity index (χ4v) is 2.25. The SMILES string of the molecule is Cc1ccc(OCCSC(C)CCN)cc1. The molecule has 0 saturated carbocycles. The third-order valence-corrected chi connectivity index (χ3v) is 3.56. The Morgan fingerprint density at radius 1 is 1.31 bits per heavy atom. The molecule has 0 saturated heterocycles. The van der Waals surface area contributed by atoms with Gasteiger partial charge in [-0.05, 0) is 32.0 Å². The lowest BCUT2D eigenvalue weighted by atomic mass is 10.2. The number of ether oxygens (including phenoxy) is 1. The monoisotopic (exact) mass is 239 g/mol. The summed E-state index contributed by atoms with van der Waals surface area (Å²) in [6, 6.07) is 8.17. The van der Waals surface area contributed by atoms with Gasteiger partial charge >= 0.3 is 0 Å². The summed E-state index contributed by atoms with van der Waals surface area (Å²) in [4.78, 5) is 0.